The summed E-state index contributed by atoms with van der Waals surface area (Å²) in [6, 6.07) is 5.36. The van der Waals surface area contributed by atoms with Crippen molar-refractivity contribution in [3.63, 3.8) is 0 Å². The Balaban J connectivity index is 1.68. The predicted molar refractivity (Wildman–Crippen MR) is 91.3 cm³/mol. The minimum atomic E-state index is -0.217. The molecule has 23 heavy (non-hydrogen) atoms. The normalized spacial score (nSPS) is 10.9. The Morgan fingerprint density at radius 1 is 1.48 bits per heavy atom. The molecule has 7 nitrogen and oxygen atoms in total. The summed E-state index contributed by atoms with van der Waals surface area (Å²) in [5, 5.41) is 9.64. The molecule has 3 rings (SSSR count). The van der Waals surface area contributed by atoms with Gasteiger partial charge >= 0.3 is 0 Å². The first kappa shape index (κ1) is 15.6. The van der Waals surface area contributed by atoms with Crippen LogP contribution in [-0.2, 0) is 11.3 Å². The third-order valence-electron chi connectivity index (χ3n) is 3.11. The molecule has 0 aliphatic carbocycles. The molecule has 120 valence electrons. The third kappa shape index (κ3) is 3.57. The van der Waals surface area contributed by atoms with Crippen LogP contribution in [0.3, 0.4) is 0 Å². The number of anilines is 1. The zero-order chi connectivity index (χ0) is 16.4. The number of thiophene rings is 1. The monoisotopic (exact) mass is 349 g/mol. The van der Waals surface area contributed by atoms with E-state index in [1.54, 1.807) is 30.2 Å². The van der Waals surface area contributed by atoms with E-state index in [0.29, 0.717) is 22.3 Å². The summed E-state index contributed by atoms with van der Waals surface area (Å²) in [7, 11) is 1.76. The minimum absolute atomic E-state index is 0.100. The first-order valence-corrected chi connectivity index (χ1v) is 8.60. The smallest absolute Gasteiger partial charge is 0.275 e. The van der Waals surface area contributed by atoms with Gasteiger partial charge in [0.15, 0.2) is 0 Å². The fourth-order valence-corrected chi connectivity index (χ4v) is 3.56. The average molecular weight is 349 g/mol. The number of carbonyl (C=O) groups excluding carboxylic acids is 1. The maximum absolute atomic E-state index is 12.0. The van der Waals surface area contributed by atoms with Crippen LogP contribution in [0.2, 0.25) is 0 Å². The van der Waals surface area contributed by atoms with Crippen molar-refractivity contribution in [3.05, 3.63) is 44.5 Å². The van der Waals surface area contributed by atoms with Gasteiger partial charge in [0.2, 0.25) is 16.0 Å². The SMILES string of the molecule is Cc1cc(=O)n2nc(N(C)CC(=O)NCc3cccs3)sc2n1. The zero-order valence-corrected chi connectivity index (χ0v) is 14.3. The highest BCUT2D eigenvalue weighted by atomic mass is 32.1. The highest BCUT2D eigenvalue weighted by molar-refractivity contribution is 7.20. The van der Waals surface area contributed by atoms with Gasteiger partial charge < -0.3 is 10.2 Å². The van der Waals surface area contributed by atoms with Crippen LogP contribution in [0.1, 0.15) is 10.6 Å². The van der Waals surface area contributed by atoms with Crippen LogP contribution in [0.15, 0.2) is 28.4 Å². The average Bonchev–Trinajstić information content (AvgIpc) is 3.14. The van der Waals surface area contributed by atoms with Crippen LogP contribution < -0.4 is 15.8 Å². The van der Waals surface area contributed by atoms with Crippen LogP contribution in [0, 0.1) is 6.92 Å². The van der Waals surface area contributed by atoms with Crippen molar-refractivity contribution < 1.29 is 4.79 Å². The Morgan fingerprint density at radius 3 is 3.04 bits per heavy atom. The molecule has 1 N–H and O–H groups in total. The van der Waals surface area contributed by atoms with Gasteiger partial charge in [0, 0.05) is 23.7 Å². The van der Waals surface area contributed by atoms with Crippen LogP contribution >= 0.6 is 22.7 Å². The summed E-state index contributed by atoms with van der Waals surface area (Å²) < 4.78 is 1.26. The maximum Gasteiger partial charge on any atom is 0.275 e. The van der Waals surface area contributed by atoms with Crippen molar-refractivity contribution in [1.29, 1.82) is 0 Å². The van der Waals surface area contributed by atoms with Gasteiger partial charge in [-0.2, -0.15) is 4.52 Å². The number of amides is 1. The van der Waals surface area contributed by atoms with Gasteiger partial charge in [-0.05, 0) is 18.4 Å². The number of rotatable bonds is 5. The van der Waals surface area contributed by atoms with E-state index in [4.69, 9.17) is 0 Å². The molecular formula is C14H15N5O2S2. The molecule has 3 aromatic heterocycles. The lowest BCUT2D eigenvalue weighted by atomic mass is 10.4. The van der Waals surface area contributed by atoms with Crippen molar-refractivity contribution >= 4 is 38.7 Å². The lowest BCUT2D eigenvalue weighted by Crippen LogP contribution is -2.34. The molecule has 0 saturated heterocycles. The molecule has 0 saturated carbocycles. The van der Waals surface area contributed by atoms with E-state index in [1.165, 1.54) is 21.9 Å². The van der Waals surface area contributed by atoms with Gasteiger partial charge in [0.05, 0.1) is 13.1 Å². The summed E-state index contributed by atoms with van der Waals surface area (Å²) in [4.78, 5) is 31.5. The Hall–Kier alpha value is -2.26. The van der Waals surface area contributed by atoms with Crippen LogP contribution in [0.4, 0.5) is 5.13 Å². The second-order valence-electron chi connectivity index (χ2n) is 5.03. The highest BCUT2D eigenvalue weighted by Crippen LogP contribution is 2.19. The molecule has 0 unspecified atom stereocenters. The lowest BCUT2D eigenvalue weighted by molar-refractivity contribution is -0.119. The summed E-state index contributed by atoms with van der Waals surface area (Å²) in [5.41, 5.74) is 0.437. The molecule has 0 aliphatic rings. The topological polar surface area (TPSA) is 79.6 Å². The molecule has 0 bridgehead atoms. The number of hydrogen-bond donors (Lipinski definition) is 1. The van der Waals surface area contributed by atoms with E-state index < -0.39 is 0 Å². The molecule has 9 heteroatoms. The largest absolute Gasteiger partial charge is 0.350 e. The van der Waals surface area contributed by atoms with Crippen LogP contribution in [-0.4, -0.2) is 34.1 Å². The number of fused-ring (bicyclic) bond motifs is 1. The van der Waals surface area contributed by atoms with E-state index in [9.17, 15) is 9.59 Å². The number of carbonyl (C=O) groups is 1. The van der Waals surface area contributed by atoms with Crippen molar-refractivity contribution in [3.8, 4) is 0 Å². The summed E-state index contributed by atoms with van der Waals surface area (Å²) >= 11 is 2.88. The summed E-state index contributed by atoms with van der Waals surface area (Å²) in [5.74, 6) is -0.100. The van der Waals surface area contributed by atoms with Crippen molar-refractivity contribution in [2.24, 2.45) is 0 Å². The second-order valence-corrected chi connectivity index (χ2v) is 6.99. The molecule has 1 amide bonds. The van der Waals surface area contributed by atoms with Gasteiger partial charge in [0.1, 0.15) is 0 Å². The molecule has 0 spiro atoms. The highest BCUT2D eigenvalue weighted by Gasteiger charge is 2.14. The summed E-state index contributed by atoms with van der Waals surface area (Å²) in [6.45, 7) is 2.45. The number of likely N-dealkylation sites (N-methyl/N-ethyl adjacent to an activating group) is 1. The van der Waals surface area contributed by atoms with Gasteiger partial charge in [-0.25, -0.2) is 4.98 Å². The molecular weight excluding hydrogens is 334 g/mol. The van der Waals surface area contributed by atoms with E-state index >= 15 is 0 Å². The number of nitrogens with one attached hydrogen (secondary N) is 1. The Kier molecular flexibility index (Phi) is 4.39. The molecule has 3 heterocycles. The third-order valence-corrected chi connectivity index (χ3v) is 5.01. The Labute approximate surface area is 140 Å². The number of hydrogen-bond acceptors (Lipinski definition) is 7. The van der Waals surface area contributed by atoms with Crippen molar-refractivity contribution in [2.75, 3.05) is 18.5 Å². The Morgan fingerprint density at radius 2 is 2.30 bits per heavy atom. The molecule has 0 fully saturated rings. The Bertz CT molecular complexity index is 884. The zero-order valence-electron chi connectivity index (χ0n) is 12.6. The quantitative estimate of drug-likeness (QED) is 0.750. The summed E-state index contributed by atoms with van der Waals surface area (Å²) in [6.07, 6.45) is 0. The van der Waals surface area contributed by atoms with Gasteiger partial charge in [-0.15, -0.1) is 16.4 Å². The van der Waals surface area contributed by atoms with Gasteiger partial charge in [-0.1, -0.05) is 17.4 Å². The first-order chi connectivity index (χ1) is 11.0. The van der Waals surface area contributed by atoms with Crippen molar-refractivity contribution in [1.82, 2.24) is 19.9 Å². The first-order valence-electron chi connectivity index (χ1n) is 6.90. The molecule has 0 radical (unpaired) electrons. The fourth-order valence-electron chi connectivity index (χ4n) is 2.00. The van der Waals surface area contributed by atoms with E-state index in [2.05, 4.69) is 15.4 Å². The van der Waals surface area contributed by atoms with Crippen LogP contribution in [0.25, 0.3) is 4.96 Å². The van der Waals surface area contributed by atoms with E-state index in [1.807, 2.05) is 17.5 Å². The van der Waals surface area contributed by atoms with E-state index in [-0.39, 0.29) is 18.0 Å². The number of nitrogens with zero attached hydrogens (tertiary/aromatic N) is 4. The number of aryl methyl sites for hydroxylation is 1. The van der Waals surface area contributed by atoms with Gasteiger partial charge in [0.25, 0.3) is 5.56 Å². The predicted octanol–water partition coefficient (Wildman–Crippen LogP) is 1.27. The standard InChI is InChI=1S/C14H15N5O2S2/c1-9-6-12(21)19-13(16-9)23-14(17-19)18(2)8-11(20)15-7-10-4-3-5-22-10/h3-6H,7-8H2,1-2H3,(H,15,20). The fraction of sp³-hybridized carbons (Fsp3) is 0.286. The minimum Gasteiger partial charge on any atom is -0.350 e. The molecule has 0 aliphatic heterocycles. The lowest BCUT2D eigenvalue weighted by Gasteiger charge is -2.14. The van der Waals surface area contributed by atoms with Gasteiger partial charge in [-0.3, -0.25) is 9.59 Å². The van der Waals surface area contributed by atoms with E-state index in [0.717, 1.165) is 4.88 Å². The molecule has 3 aromatic rings. The van der Waals surface area contributed by atoms with Crippen LogP contribution in [0.5, 0.6) is 0 Å². The maximum atomic E-state index is 12.0. The number of aromatic nitrogens is 3. The second kappa shape index (κ2) is 6.47. The molecule has 0 atom stereocenters. The van der Waals surface area contributed by atoms with Crippen molar-refractivity contribution in [2.45, 2.75) is 13.5 Å². The molecule has 0 aromatic carbocycles.